The molecule has 0 aliphatic carbocycles. The number of pyridine rings is 1. The van der Waals surface area contributed by atoms with Crippen molar-refractivity contribution in [3.63, 3.8) is 0 Å². The maximum Gasteiger partial charge on any atom is 0.354 e. The third-order valence-corrected chi connectivity index (χ3v) is 5.40. The number of esters is 1. The summed E-state index contributed by atoms with van der Waals surface area (Å²) in [6, 6.07) is 7.59. The first-order chi connectivity index (χ1) is 13.6. The second kappa shape index (κ2) is 8.91. The summed E-state index contributed by atoms with van der Waals surface area (Å²) in [4.78, 5) is 33.2. The molecule has 0 N–H and O–H groups in total. The van der Waals surface area contributed by atoms with E-state index in [1.54, 1.807) is 12.3 Å². The molecule has 28 heavy (non-hydrogen) atoms. The molecule has 150 valence electrons. The van der Waals surface area contributed by atoms with Crippen LogP contribution in [-0.2, 0) is 4.74 Å². The first kappa shape index (κ1) is 19.9. The van der Waals surface area contributed by atoms with Crippen molar-refractivity contribution in [3.05, 3.63) is 47.9 Å². The van der Waals surface area contributed by atoms with E-state index in [0.29, 0.717) is 24.3 Å². The quantitative estimate of drug-likeness (QED) is 0.716. The van der Waals surface area contributed by atoms with Crippen molar-refractivity contribution in [2.24, 2.45) is 0 Å². The van der Waals surface area contributed by atoms with Crippen LogP contribution in [0.4, 0.5) is 5.82 Å². The Labute approximate surface area is 165 Å². The molecule has 1 aliphatic rings. The molecule has 3 heterocycles. The number of ether oxygens (including phenoxy) is 1. The van der Waals surface area contributed by atoms with Gasteiger partial charge in [0.15, 0.2) is 0 Å². The number of piperidine rings is 1. The predicted molar refractivity (Wildman–Crippen MR) is 108 cm³/mol. The summed E-state index contributed by atoms with van der Waals surface area (Å²) in [6.45, 7) is 7.25. The standard InChI is InChI=1S/C21H28N4O3/c1-4-23(5-2)19-9-8-16(15-22-19)20(26)24-13-10-17(11-14-24)25-12-6-7-18(25)21(27)28-3/h6-9,12,15,17H,4-5,10-11,13-14H2,1-3H3. The minimum Gasteiger partial charge on any atom is -0.464 e. The summed E-state index contributed by atoms with van der Waals surface area (Å²) in [5.41, 5.74) is 1.18. The highest BCUT2D eigenvalue weighted by atomic mass is 16.5. The van der Waals surface area contributed by atoms with E-state index in [4.69, 9.17) is 4.74 Å². The third-order valence-electron chi connectivity index (χ3n) is 5.40. The zero-order chi connectivity index (χ0) is 20.1. The van der Waals surface area contributed by atoms with Crippen LogP contribution in [0.1, 0.15) is 53.6 Å². The largest absolute Gasteiger partial charge is 0.464 e. The summed E-state index contributed by atoms with van der Waals surface area (Å²) in [6.07, 6.45) is 5.18. The molecule has 0 unspecified atom stereocenters. The van der Waals surface area contributed by atoms with Gasteiger partial charge in [0, 0.05) is 44.6 Å². The van der Waals surface area contributed by atoms with Gasteiger partial charge in [-0.15, -0.1) is 0 Å². The number of carbonyl (C=O) groups excluding carboxylic acids is 2. The smallest absolute Gasteiger partial charge is 0.354 e. The summed E-state index contributed by atoms with van der Waals surface area (Å²) >= 11 is 0. The molecule has 1 amide bonds. The zero-order valence-corrected chi connectivity index (χ0v) is 16.8. The van der Waals surface area contributed by atoms with Gasteiger partial charge in [-0.2, -0.15) is 0 Å². The molecule has 0 bridgehead atoms. The van der Waals surface area contributed by atoms with Gasteiger partial charge in [0.2, 0.25) is 0 Å². The number of methoxy groups -OCH3 is 1. The summed E-state index contributed by atoms with van der Waals surface area (Å²) < 4.78 is 6.82. The zero-order valence-electron chi connectivity index (χ0n) is 16.8. The second-order valence-electron chi connectivity index (χ2n) is 6.89. The minimum atomic E-state index is -0.331. The van der Waals surface area contributed by atoms with E-state index in [-0.39, 0.29) is 17.9 Å². The number of carbonyl (C=O) groups is 2. The molecule has 0 saturated carbocycles. The molecule has 0 spiro atoms. The van der Waals surface area contributed by atoms with Gasteiger partial charge in [-0.1, -0.05) is 0 Å². The lowest BCUT2D eigenvalue weighted by atomic mass is 10.0. The van der Waals surface area contributed by atoms with Gasteiger partial charge in [0.1, 0.15) is 11.5 Å². The Bertz CT molecular complexity index is 803. The van der Waals surface area contributed by atoms with E-state index in [1.807, 2.05) is 33.9 Å². The van der Waals surface area contributed by atoms with Gasteiger partial charge < -0.3 is 19.1 Å². The summed E-state index contributed by atoms with van der Waals surface area (Å²) in [5, 5.41) is 0. The van der Waals surface area contributed by atoms with Crippen molar-refractivity contribution in [1.82, 2.24) is 14.5 Å². The van der Waals surface area contributed by atoms with Gasteiger partial charge in [-0.05, 0) is 51.0 Å². The maximum atomic E-state index is 12.8. The van der Waals surface area contributed by atoms with Gasteiger partial charge in [-0.3, -0.25) is 4.79 Å². The van der Waals surface area contributed by atoms with Crippen molar-refractivity contribution in [2.75, 3.05) is 38.2 Å². The van der Waals surface area contributed by atoms with Crippen LogP contribution in [0.15, 0.2) is 36.7 Å². The highest BCUT2D eigenvalue weighted by molar-refractivity contribution is 5.94. The van der Waals surface area contributed by atoms with Crippen LogP contribution >= 0.6 is 0 Å². The van der Waals surface area contributed by atoms with Gasteiger partial charge in [-0.25, -0.2) is 9.78 Å². The fourth-order valence-corrected chi connectivity index (χ4v) is 3.77. The highest BCUT2D eigenvalue weighted by Gasteiger charge is 2.26. The van der Waals surface area contributed by atoms with Crippen LogP contribution in [0.5, 0.6) is 0 Å². The number of hydrogen-bond acceptors (Lipinski definition) is 5. The Morgan fingerprint density at radius 1 is 1.18 bits per heavy atom. The summed E-state index contributed by atoms with van der Waals surface area (Å²) in [5.74, 6) is 0.573. The van der Waals surface area contributed by atoms with E-state index in [1.165, 1.54) is 7.11 Å². The maximum absolute atomic E-state index is 12.8. The fourth-order valence-electron chi connectivity index (χ4n) is 3.77. The SMILES string of the molecule is CCN(CC)c1ccc(C(=O)N2CCC(n3cccc3C(=O)OC)CC2)cn1. The molecule has 1 fully saturated rings. The lowest BCUT2D eigenvalue weighted by Gasteiger charge is -2.33. The van der Waals surface area contributed by atoms with Crippen LogP contribution in [-0.4, -0.2) is 59.6 Å². The molecule has 1 aliphatic heterocycles. The fraction of sp³-hybridized carbons (Fsp3) is 0.476. The van der Waals surface area contributed by atoms with Crippen molar-refractivity contribution >= 4 is 17.7 Å². The highest BCUT2D eigenvalue weighted by Crippen LogP contribution is 2.26. The molecular formula is C21H28N4O3. The van der Waals surface area contributed by atoms with Crippen molar-refractivity contribution in [2.45, 2.75) is 32.7 Å². The Kier molecular flexibility index (Phi) is 6.34. The molecule has 7 nitrogen and oxygen atoms in total. The Morgan fingerprint density at radius 2 is 1.89 bits per heavy atom. The van der Waals surface area contributed by atoms with E-state index in [9.17, 15) is 9.59 Å². The van der Waals surface area contributed by atoms with Crippen LogP contribution in [0.25, 0.3) is 0 Å². The Balaban J connectivity index is 1.63. The molecule has 0 aromatic carbocycles. The minimum absolute atomic E-state index is 0.0118. The average Bonchev–Trinajstić information content (AvgIpc) is 3.24. The second-order valence-corrected chi connectivity index (χ2v) is 6.89. The lowest BCUT2D eigenvalue weighted by Crippen LogP contribution is -2.39. The molecule has 3 rings (SSSR count). The van der Waals surface area contributed by atoms with Crippen molar-refractivity contribution < 1.29 is 14.3 Å². The van der Waals surface area contributed by atoms with Crippen molar-refractivity contribution in [3.8, 4) is 0 Å². The van der Waals surface area contributed by atoms with E-state index < -0.39 is 0 Å². The monoisotopic (exact) mass is 384 g/mol. The number of amides is 1. The Morgan fingerprint density at radius 3 is 2.46 bits per heavy atom. The molecule has 0 atom stereocenters. The Hall–Kier alpha value is -2.83. The molecule has 7 heteroatoms. The third kappa shape index (κ3) is 4.03. The number of hydrogen-bond donors (Lipinski definition) is 0. The van der Waals surface area contributed by atoms with E-state index in [0.717, 1.165) is 31.7 Å². The molecule has 2 aromatic heterocycles. The first-order valence-corrected chi connectivity index (χ1v) is 9.84. The number of aromatic nitrogens is 2. The normalized spacial score (nSPS) is 14.8. The molecular weight excluding hydrogens is 356 g/mol. The molecule has 0 radical (unpaired) electrons. The van der Waals surface area contributed by atoms with E-state index >= 15 is 0 Å². The number of likely N-dealkylation sites (tertiary alicyclic amines) is 1. The molecule has 1 saturated heterocycles. The lowest BCUT2D eigenvalue weighted by molar-refractivity contribution is 0.0573. The molecule has 2 aromatic rings. The first-order valence-electron chi connectivity index (χ1n) is 9.84. The topological polar surface area (TPSA) is 67.7 Å². The average molecular weight is 384 g/mol. The van der Waals surface area contributed by atoms with Crippen molar-refractivity contribution in [1.29, 1.82) is 0 Å². The summed E-state index contributed by atoms with van der Waals surface area (Å²) in [7, 11) is 1.39. The predicted octanol–water partition coefficient (Wildman–Crippen LogP) is 2.99. The van der Waals surface area contributed by atoms with Gasteiger partial charge >= 0.3 is 5.97 Å². The number of rotatable bonds is 6. The van der Waals surface area contributed by atoms with Gasteiger partial charge in [0.05, 0.1) is 12.7 Å². The van der Waals surface area contributed by atoms with Crippen LogP contribution < -0.4 is 4.90 Å². The van der Waals surface area contributed by atoms with Crippen LogP contribution in [0.3, 0.4) is 0 Å². The van der Waals surface area contributed by atoms with Gasteiger partial charge in [0.25, 0.3) is 5.91 Å². The van der Waals surface area contributed by atoms with E-state index in [2.05, 4.69) is 23.7 Å². The number of nitrogens with zero attached hydrogens (tertiary/aromatic N) is 4. The number of anilines is 1. The van der Waals surface area contributed by atoms with Crippen LogP contribution in [0.2, 0.25) is 0 Å². The van der Waals surface area contributed by atoms with Crippen LogP contribution in [0, 0.1) is 0 Å².